The van der Waals surface area contributed by atoms with Crippen LogP contribution in [0.4, 0.5) is 0 Å². The number of furan rings is 1. The van der Waals surface area contributed by atoms with Crippen molar-refractivity contribution in [2.45, 2.75) is 19.4 Å². The van der Waals surface area contributed by atoms with Crippen LogP contribution >= 0.6 is 0 Å². The zero-order chi connectivity index (χ0) is 16.0. The summed E-state index contributed by atoms with van der Waals surface area (Å²) in [5, 5.41) is 0. The third kappa shape index (κ3) is 4.71. The third-order valence-corrected chi connectivity index (χ3v) is 4.52. The summed E-state index contributed by atoms with van der Waals surface area (Å²) >= 11 is 0. The van der Waals surface area contributed by atoms with Crippen LogP contribution in [0.2, 0.25) is 0 Å². The van der Waals surface area contributed by atoms with E-state index in [0.29, 0.717) is 12.2 Å². The lowest BCUT2D eigenvalue weighted by Crippen LogP contribution is -2.41. The van der Waals surface area contributed by atoms with Crippen LogP contribution in [0.5, 0.6) is 0 Å². The third-order valence-electron chi connectivity index (χ3n) is 3.08. The van der Waals surface area contributed by atoms with Gasteiger partial charge in [-0.05, 0) is 17.7 Å². The van der Waals surface area contributed by atoms with Gasteiger partial charge in [0.1, 0.15) is 5.76 Å². The number of rotatable bonds is 7. The van der Waals surface area contributed by atoms with Crippen LogP contribution in [0.1, 0.15) is 17.7 Å². The van der Waals surface area contributed by atoms with E-state index >= 15 is 0 Å². The van der Waals surface area contributed by atoms with Gasteiger partial charge in [-0.15, -0.1) is 0 Å². The Balaban J connectivity index is 1.88. The average molecular weight is 322 g/mol. The largest absolute Gasteiger partial charge is 0.469 e. The smallest absolute Gasteiger partial charge is 0.303 e. The molecule has 0 saturated heterocycles. The molecule has 1 heterocycles. The first-order chi connectivity index (χ1) is 10.5. The lowest BCUT2D eigenvalue weighted by Gasteiger charge is -2.17. The Hall–Kier alpha value is -2.12. The summed E-state index contributed by atoms with van der Waals surface area (Å²) in [5.74, 6) is 0.0847. The van der Waals surface area contributed by atoms with Crippen LogP contribution in [-0.2, 0) is 28.0 Å². The zero-order valence-corrected chi connectivity index (χ0v) is 13.0. The topological polar surface area (TPSA) is 79.6 Å². The standard InChI is InChI=1S/C15H18N2O4S/c1-17(12-13-6-3-2-4-7-13)22(19,20)16-15(18)10-9-14-8-5-11-21-14/h2-8,11H,9-10,12H2,1H3,(H,16,18). The van der Waals surface area contributed by atoms with Crippen LogP contribution in [0.3, 0.4) is 0 Å². The highest BCUT2D eigenvalue weighted by Crippen LogP contribution is 2.07. The maximum absolute atomic E-state index is 12.1. The summed E-state index contributed by atoms with van der Waals surface area (Å²) in [6.45, 7) is 0.196. The number of hydrogen-bond acceptors (Lipinski definition) is 4. The van der Waals surface area contributed by atoms with Gasteiger partial charge in [-0.2, -0.15) is 12.7 Å². The molecule has 118 valence electrons. The second kappa shape index (κ2) is 7.24. The zero-order valence-electron chi connectivity index (χ0n) is 12.2. The number of nitrogens with zero attached hydrogens (tertiary/aromatic N) is 1. The summed E-state index contributed by atoms with van der Waals surface area (Å²) < 4.78 is 32.4. The van der Waals surface area contributed by atoms with Crippen molar-refractivity contribution in [1.29, 1.82) is 0 Å². The lowest BCUT2D eigenvalue weighted by molar-refractivity contribution is -0.119. The van der Waals surface area contributed by atoms with Crippen molar-refractivity contribution < 1.29 is 17.6 Å². The molecule has 1 N–H and O–H groups in total. The molecule has 2 rings (SSSR count). The molecule has 0 aliphatic carbocycles. The van der Waals surface area contributed by atoms with Crippen LogP contribution in [-0.4, -0.2) is 25.7 Å². The molecule has 0 spiro atoms. The first-order valence-corrected chi connectivity index (χ1v) is 8.24. The highest BCUT2D eigenvalue weighted by molar-refractivity contribution is 7.87. The second-order valence-corrected chi connectivity index (χ2v) is 6.63. The van der Waals surface area contributed by atoms with E-state index in [1.54, 1.807) is 12.1 Å². The minimum Gasteiger partial charge on any atom is -0.469 e. The van der Waals surface area contributed by atoms with Crippen LogP contribution in [0.25, 0.3) is 0 Å². The van der Waals surface area contributed by atoms with Crippen molar-refractivity contribution in [3.8, 4) is 0 Å². The molecule has 0 aliphatic heterocycles. The van der Waals surface area contributed by atoms with Gasteiger partial charge in [0.05, 0.1) is 6.26 Å². The Bertz CT molecular complexity index is 696. The minimum atomic E-state index is -3.85. The van der Waals surface area contributed by atoms with E-state index in [2.05, 4.69) is 4.72 Å². The maximum atomic E-state index is 12.1. The number of nitrogens with one attached hydrogen (secondary N) is 1. The number of hydrogen-bond donors (Lipinski definition) is 1. The van der Waals surface area contributed by atoms with Gasteiger partial charge in [-0.1, -0.05) is 30.3 Å². The van der Waals surface area contributed by atoms with E-state index in [1.807, 2.05) is 30.3 Å². The Morgan fingerprint density at radius 2 is 1.91 bits per heavy atom. The van der Waals surface area contributed by atoms with Crippen molar-refractivity contribution in [2.24, 2.45) is 0 Å². The highest BCUT2D eigenvalue weighted by Gasteiger charge is 2.20. The normalized spacial score (nSPS) is 11.5. The minimum absolute atomic E-state index is 0.0475. The van der Waals surface area contributed by atoms with Gasteiger partial charge < -0.3 is 4.42 Å². The lowest BCUT2D eigenvalue weighted by atomic mass is 10.2. The second-order valence-electron chi connectivity index (χ2n) is 4.85. The summed E-state index contributed by atoms with van der Waals surface area (Å²) in [6.07, 6.45) is 1.92. The first-order valence-electron chi connectivity index (χ1n) is 6.80. The van der Waals surface area contributed by atoms with Crippen molar-refractivity contribution in [3.05, 3.63) is 60.1 Å². The molecule has 0 saturated carbocycles. The molecule has 0 aliphatic rings. The van der Waals surface area contributed by atoms with Gasteiger partial charge in [-0.25, -0.2) is 4.72 Å². The SMILES string of the molecule is CN(Cc1ccccc1)S(=O)(=O)NC(=O)CCc1ccco1. The van der Waals surface area contributed by atoms with Crippen LogP contribution in [0.15, 0.2) is 53.1 Å². The Labute approximate surface area is 129 Å². The predicted octanol–water partition coefficient (Wildman–Crippen LogP) is 1.71. The first kappa shape index (κ1) is 16.3. The van der Waals surface area contributed by atoms with Crippen LogP contribution < -0.4 is 4.72 Å². The van der Waals surface area contributed by atoms with Gasteiger partial charge in [-0.3, -0.25) is 4.79 Å². The fourth-order valence-corrected chi connectivity index (χ4v) is 2.75. The molecular formula is C15H18N2O4S. The summed E-state index contributed by atoms with van der Waals surface area (Å²) in [4.78, 5) is 11.8. The molecule has 1 aromatic heterocycles. The quantitative estimate of drug-likeness (QED) is 0.841. The van der Waals surface area contributed by atoms with Crippen LogP contribution in [0, 0.1) is 0 Å². The van der Waals surface area contributed by atoms with E-state index in [0.717, 1.165) is 9.87 Å². The average Bonchev–Trinajstić information content (AvgIpc) is 2.99. The van der Waals surface area contributed by atoms with E-state index < -0.39 is 16.1 Å². The van der Waals surface area contributed by atoms with E-state index in [9.17, 15) is 13.2 Å². The number of benzene rings is 1. The molecule has 0 atom stereocenters. The van der Waals surface area contributed by atoms with E-state index in [1.165, 1.54) is 13.3 Å². The molecule has 2 aromatic rings. The molecule has 7 heteroatoms. The molecule has 0 unspecified atom stereocenters. The van der Waals surface area contributed by atoms with Crippen molar-refractivity contribution in [2.75, 3.05) is 7.05 Å². The van der Waals surface area contributed by atoms with E-state index in [4.69, 9.17) is 4.42 Å². The Morgan fingerprint density at radius 3 is 2.55 bits per heavy atom. The summed E-state index contributed by atoms with van der Waals surface area (Å²) in [5.41, 5.74) is 0.846. The molecule has 1 aromatic carbocycles. The van der Waals surface area contributed by atoms with Gasteiger partial charge in [0.2, 0.25) is 5.91 Å². The van der Waals surface area contributed by atoms with Gasteiger partial charge in [0.15, 0.2) is 0 Å². The Kier molecular flexibility index (Phi) is 5.35. The van der Waals surface area contributed by atoms with Crippen molar-refractivity contribution in [3.63, 3.8) is 0 Å². The van der Waals surface area contributed by atoms with Gasteiger partial charge in [0.25, 0.3) is 0 Å². The molecule has 22 heavy (non-hydrogen) atoms. The van der Waals surface area contributed by atoms with Crippen molar-refractivity contribution in [1.82, 2.24) is 9.03 Å². The molecule has 0 fully saturated rings. The number of aryl methyl sites for hydroxylation is 1. The summed E-state index contributed by atoms with van der Waals surface area (Å²) in [7, 11) is -2.42. The molecule has 6 nitrogen and oxygen atoms in total. The van der Waals surface area contributed by atoms with E-state index in [-0.39, 0.29) is 13.0 Å². The molecular weight excluding hydrogens is 304 g/mol. The number of carbonyl (C=O) groups is 1. The molecule has 1 amide bonds. The number of carbonyl (C=O) groups excluding carboxylic acids is 1. The fraction of sp³-hybridized carbons (Fsp3) is 0.267. The highest BCUT2D eigenvalue weighted by atomic mass is 32.2. The van der Waals surface area contributed by atoms with Gasteiger partial charge in [0, 0.05) is 26.4 Å². The summed E-state index contributed by atoms with van der Waals surface area (Å²) in [6, 6.07) is 12.6. The van der Waals surface area contributed by atoms with Gasteiger partial charge >= 0.3 is 10.2 Å². The maximum Gasteiger partial charge on any atom is 0.303 e. The number of amides is 1. The predicted molar refractivity (Wildman–Crippen MR) is 82.0 cm³/mol. The Morgan fingerprint density at radius 1 is 1.18 bits per heavy atom. The fourth-order valence-electron chi connectivity index (χ4n) is 1.89. The van der Waals surface area contributed by atoms with Crippen molar-refractivity contribution >= 4 is 16.1 Å². The monoisotopic (exact) mass is 322 g/mol. The molecule has 0 radical (unpaired) electrons. The molecule has 0 bridgehead atoms.